The van der Waals surface area contributed by atoms with Gasteiger partial charge in [0.1, 0.15) is 0 Å². The summed E-state index contributed by atoms with van der Waals surface area (Å²) < 4.78 is 0. The van der Waals surface area contributed by atoms with Crippen molar-refractivity contribution in [3.8, 4) is 0 Å². The van der Waals surface area contributed by atoms with E-state index in [1.807, 2.05) is 36.4 Å². The van der Waals surface area contributed by atoms with Crippen molar-refractivity contribution in [2.24, 2.45) is 5.92 Å². The monoisotopic (exact) mass is 283 g/mol. The van der Waals surface area contributed by atoms with Gasteiger partial charge in [-0.15, -0.1) is 0 Å². The van der Waals surface area contributed by atoms with Crippen molar-refractivity contribution in [3.05, 3.63) is 48.0 Å². The number of rotatable bonds is 7. The van der Waals surface area contributed by atoms with Gasteiger partial charge in [0.25, 0.3) is 5.91 Å². The molecule has 21 heavy (non-hydrogen) atoms. The van der Waals surface area contributed by atoms with Crippen molar-refractivity contribution in [2.45, 2.75) is 39.5 Å². The molecule has 0 bridgehead atoms. The van der Waals surface area contributed by atoms with Crippen LogP contribution in [-0.2, 0) is 0 Å². The summed E-state index contributed by atoms with van der Waals surface area (Å²) in [5, 5.41) is 5.37. The molecule has 0 aliphatic rings. The molecular formula is C19H25NO. The molecule has 0 fully saturated rings. The molecule has 2 rings (SSSR count). The highest BCUT2D eigenvalue weighted by Gasteiger charge is 2.10. The molecule has 2 aromatic carbocycles. The predicted octanol–water partition coefficient (Wildman–Crippen LogP) is 4.79. The lowest BCUT2D eigenvalue weighted by Crippen LogP contribution is -2.29. The molecule has 0 aliphatic carbocycles. The summed E-state index contributed by atoms with van der Waals surface area (Å²) in [5.41, 5.74) is 0.749. The molecule has 112 valence electrons. The molecule has 0 saturated carbocycles. The van der Waals surface area contributed by atoms with E-state index in [9.17, 15) is 4.79 Å². The Morgan fingerprint density at radius 2 is 1.86 bits per heavy atom. The van der Waals surface area contributed by atoms with Gasteiger partial charge in [-0.3, -0.25) is 4.79 Å². The van der Waals surface area contributed by atoms with Crippen molar-refractivity contribution in [3.63, 3.8) is 0 Å². The maximum atomic E-state index is 12.3. The first-order chi connectivity index (χ1) is 10.2. The molecule has 1 N–H and O–H groups in total. The number of hydrogen-bond acceptors (Lipinski definition) is 1. The molecule has 0 aliphatic heterocycles. The van der Waals surface area contributed by atoms with E-state index < -0.39 is 0 Å². The fraction of sp³-hybridized carbons (Fsp3) is 0.421. The van der Waals surface area contributed by atoms with Crippen molar-refractivity contribution >= 4 is 16.7 Å². The van der Waals surface area contributed by atoms with Crippen molar-refractivity contribution in [1.29, 1.82) is 0 Å². The van der Waals surface area contributed by atoms with E-state index in [0.717, 1.165) is 23.9 Å². The first-order valence-electron chi connectivity index (χ1n) is 8.01. The lowest BCUT2D eigenvalue weighted by Gasteiger charge is -2.15. The number of unbranched alkanes of at least 4 members (excludes halogenated alkanes) is 1. The van der Waals surface area contributed by atoms with Crippen LogP contribution in [0.1, 0.15) is 49.9 Å². The van der Waals surface area contributed by atoms with Crippen LogP contribution in [0.4, 0.5) is 0 Å². The quantitative estimate of drug-likeness (QED) is 0.778. The van der Waals surface area contributed by atoms with Gasteiger partial charge in [0, 0.05) is 12.1 Å². The van der Waals surface area contributed by atoms with Gasteiger partial charge < -0.3 is 5.32 Å². The first-order valence-corrected chi connectivity index (χ1v) is 8.01. The zero-order chi connectivity index (χ0) is 15.1. The van der Waals surface area contributed by atoms with Crippen LogP contribution < -0.4 is 5.32 Å². The topological polar surface area (TPSA) is 29.1 Å². The van der Waals surface area contributed by atoms with Gasteiger partial charge >= 0.3 is 0 Å². The molecule has 2 aromatic rings. The average Bonchev–Trinajstić information content (AvgIpc) is 2.54. The smallest absolute Gasteiger partial charge is 0.251 e. The summed E-state index contributed by atoms with van der Waals surface area (Å²) in [4.78, 5) is 12.3. The Labute approximate surface area is 127 Å². The van der Waals surface area contributed by atoms with Gasteiger partial charge in [0.15, 0.2) is 0 Å². The normalized spacial score (nSPS) is 12.3. The van der Waals surface area contributed by atoms with Gasteiger partial charge in [-0.05, 0) is 35.2 Å². The summed E-state index contributed by atoms with van der Waals surface area (Å²) in [5.74, 6) is 0.630. The number of nitrogens with one attached hydrogen (secondary N) is 1. The molecule has 1 amide bonds. The number of fused-ring (bicyclic) bond motifs is 1. The van der Waals surface area contributed by atoms with Gasteiger partial charge in [-0.1, -0.05) is 63.4 Å². The Bertz CT molecular complexity index is 591. The van der Waals surface area contributed by atoms with Crippen LogP contribution in [0.3, 0.4) is 0 Å². The second kappa shape index (κ2) is 7.82. The van der Waals surface area contributed by atoms with E-state index in [2.05, 4.69) is 25.2 Å². The maximum Gasteiger partial charge on any atom is 0.251 e. The summed E-state index contributed by atoms with van der Waals surface area (Å²) >= 11 is 0. The number of amides is 1. The summed E-state index contributed by atoms with van der Waals surface area (Å²) in [6.45, 7) is 5.19. The van der Waals surface area contributed by atoms with Crippen LogP contribution in [-0.4, -0.2) is 12.5 Å². The Morgan fingerprint density at radius 3 is 2.57 bits per heavy atom. The average molecular weight is 283 g/mol. The lowest BCUT2D eigenvalue weighted by molar-refractivity contribution is 0.0946. The third kappa shape index (κ3) is 4.32. The highest BCUT2D eigenvalue weighted by Crippen LogP contribution is 2.16. The second-order valence-electron chi connectivity index (χ2n) is 5.69. The number of hydrogen-bond donors (Lipinski definition) is 1. The van der Waals surface area contributed by atoms with Crippen molar-refractivity contribution in [2.75, 3.05) is 6.54 Å². The van der Waals surface area contributed by atoms with Crippen molar-refractivity contribution < 1.29 is 4.79 Å². The molecule has 0 heterocycles. The molecule has 0 aromatic heterocycles. The van der Waals surface area contributed by atoms with Gasteiger partial charge in [-0.2, -0.15) is 0 Å². The van der Waals surface area contributed by atoms with Crippen LogP contribution in [0.5, 0.6) is 0 Å². The van der Waals surface area contributed by atoms with E-state index in [-0.39, 0.29) is 5.91 Å². The SMILES string of the molecule is CCCCC(CC)CNC(=O)c1ccc2ccccc2c1. The largest absolute Gasteiger partial charge is 0.352 e. The number of benzene rings is 2. The number of carbonyl (C=O) groups excluding carboxylic acids is 1. The van der Waals surface area contributed by atoms with Crippen LogP contribution >= 0.6 is 0 Å². The first kappa shape index (κ1) is 15.6. The standard InChI is InChI=1S/C19H25NO/c1-3-5-8-15(4-2)14-20-19(21)18-12-11-16-9-6-7-10-17(16)13-18/h6-7,9-13,15H,3-5,8,14H2,1-2H3,(H,20,21). The van der Waals surface area contributed by atoms with Crippen molar-refractivity contribution in [1.82, 2.24) is 5.32 Å². The highest BCUT2D eigenvalue weighted by molar-refractivity contribution is 5.98. The molecule has 0 saturated heterocycles. The minimum atomic E-state index is 0.0377. The van der Waals surface area contributed by atoms with Gasteiger partial charge in [-0.25, -0.2) is 0 Å². The summed E-state index contributed by atoms with van der Waals surface area (Å²) in [6.07, 6.45) is 4.78. The molecule has 2 heteroatoms. The molecule has 1 atom stereocenters. The fourth-order valence-electron chi connectivity index (χ4n) is 2.61. The molecule has 0 radical (unpaired) electrons. The van der Waals surface area contributed by atoms with E-state index in [4.69, 9.17) is 0 Å². The van der Waals surface area contributed by atoms with E-state index in [0.29, 0.717) is 5.92 Å². The highest BCUT2D eigenvalue weighted by atomic mass is 16.1. The van der Waals surface area contributed by atoms with Crippen LogP contribution in [0.2, 0.25) is 0 Å². The van der Waals surface area contributed by atoms with Gasteiger partial charge in [0.05, 0.1) is 0 Å². The van der Waals surface area contributed by atoms with E-state index >= 15 is 0 Å². The third-order valence-corrected chi connectivity index (χ3v) is 4.11. The van der Waals surface area contributed by atoms with E-state index in [1.54, 1.807) is 0 Å². The predicted molar refractivity (Wildman–Crippen MR) is 89.6 cm³/mol. The molecule has 1 unspecified atom stereocenters. The third-order valence-electron chi connectivity index (χ3n) is 4.11. The Balaban J connectivity index is 1.98. The Morgan fingerprint density at radius 1 is 1.10 bits per heavy atom. The maximum absolute atomic E-state index is 12.3. The fourth-order valence-corrected chi connectivity index (χ4v) is 2.61. The molecular weight excluding hydrogens is 258 g/mol. The zero-order valence-corrected chi connectivity index (χ0v) is 13.1. The number of carbonyl (C=O) groups is 1. The van der Waals surface area contributed by atoms with E-state index in [1.165, 1.54) is 24.6 Å². The van der Waals surface area contributed by atoms with Gasteiger partial charge in [0.2, 0.25) is 0 Å². The molecule has 2 nitrogen and oxygen atoms in total. The summed E-state index contributed by atoms with van der Waals surface area (Å²) in [6, 6.07) is 14.0. The Hall–Kier alpha value is -1.83. The van der Waals surface area contributed by atoms with Crippen LogP contribution in [0.15, 0.2) is 42.5 Å². The lowest BCUT2D eigenvalue weighted by atomic mass is 9.99. The Kier molecular flexibility index (Phi) is 5.79. The zero-order valence-electron chi connectivity index (χ0n) is 13.1. The minimum Gasteiger partial charge on any atom is -0.352 e. The summed E-state index contributed by atoms with van der Waals surface area (Å²) in [7, 11) is 0. The second-order valence-corrected chi connectivity index (χ2v) is 5.69. The van der Waals surface area contributed by atoms with Crippen LogP contribution in [0, 0.1) is 5.92 Å². The minimum absolute atomic E-state index is 0.0377. The van der Waals surface area contributed by atoms with Crippen LogP contribution in [0.25, 0.3) is 10.8 Å². The molecule has 0 spiro atoms.